The van der Waals surface area contributed by atoms with Crippen molar-refractivity contribution >= 4 is 23.5 Å². The summed E-state index contributed by atoms with van der Waals surface area (Å²) in [5.41, 5.74) is 0.0244. The minimum atomic E-state index is -0.689. The van der Waals surface area contributed by atoms with Crippen molar-refractivity contribution in [1.29, 1.82) is 0 Å². The summed E-state index contributed by atoms with van der Waals surface area (Å²) in [4.78, 5) is 31.4. The molecular weight excluding hydrogens is 208 g/mol. The predicted octanol–water partition coefficient (Wildman–Crippen LogP) is 0.419. The molecule has 3 rings (SSSR count). The molecule has 0 radical (unpaired) electrons. The molecule has 1 unspecified atom stereocenters. The maximum absolute atomic E-state index is 11.9. The van der Waals surface area contributed by atoms with E-state index in [1.165, 1.54) is 6.33 Å². The van der Waals surface area contributed by atoms with E-state index in [1.807, 2.05) is 6.92 Å². The Labute approximate surface area is 91.5 Å². The maximum Gasteiger partial charge on any atom is 0.236 e. The molecule has 2 N–H and O–H groups in total. The first-order valence-corrected chi connectivity index (χ1v) is 5.08. The van der Waals surface area contributed by atoms with E-state index in [1.54, 1.807) is 0 Å². The highest BCUT2D eigenvalue weighted by Gasteiger charge is 2.47. The van der Waals surface area contributed by atoms with Crippen molar-refractivity contribution < 1.29 is 9.59 Å². The number of carbonyl (C=O) groups is 2. The summed E-state index contributed by atoms with van der Waals surface area (Å²) < 4.78 is 0. The van der Waals surface area contributed by atoms with Gasteiger partial charge in [-0.05, 0) is 13.3 Å². The average molecular weight is 218 g/mol. The molecule has 6 nitrogen and oxygen atoms in total. The normalized spacial score (nSPS) is 26.8. The number of anilines is 2. The summed E-state index contributed by atoms with van der Waals surface area (Å²) in [6.45, 7) is 1.82. The van der Waals surface area contributed by atoms with Crippen LogP contribution < -0.4 is 10.6 Å². The molecule has 2 amide bonds. The molecule has 0 aromatic carbocycles. The van der Waals surface area contributed by atoms with E-state index in [4.69, 9.17) is 0 Å². The van der Waals surface area contributed by atoms with E-state index >= 15 is 0 Å². The van der Waals surface area contributed by atoms with Crippen molar-refractivity contribution in [3.8, 4) is 0 Å². The lowest BCUT2D eigenvalue weighted by molar-refractivity contribution is -0.121. The second-order valence-electron chi connectivity index (χ2n) is 4.28. The molecule has 82 valence electrons. The highest BCUT2D eigenvalue weighted by Crippen LogP contribution is 2.44. The summed E-state index contributed by atoms with van der Waals surface area (Å²) in [5, 5.41) is 5.42. The topological polar surface area (TPSA) is 84.0 Å². The van der Waals surface area contributed by atoms with Crippen LogP contribution in [0, 0.1) is 0 Å². The molecule has 1 aromatic heterocycles. The van der Waals surface area contributed by atoms with E-state index < -0.39 is 5.41 Å². The third kappa shape index (κ3) is 1.01. The summed E-state index contributed by atoms with van der Waals surface area (Å²) in [6.07, 6.45) is 2.14. The highest BCUT2D eigenvalue weighted by molar-refractivity contribution is 6.09. The molecule has 2 aliphatic heterocycles. The summed E-state index contributed by atoms with van der Waals surface area (Å²) >= 11 is 0. The van der Waals surface area contributed by atoms with Gasteiger partial charge in [-0.15, -0.1) is 0 Å². The molecule has 2 aliphatic rings. The average Bonchev–Trinajstić information content (AvgIpc) is 2.40. The van der Waals surface area contributed by atoms with Crippen molar-refractivity contribution in [2.75, 3.05) is 10.6 Å². The quantitative estimate of drug-likeness (QED) is 0.661. The number of hydrogen-bond donors (Lipinski definition) is 2. The molecule has 3 heterocycles. The molecule has 0 spiro atoms. The zero-order valence-electron chi connectivity index (χ0n) is 8.70. The van der Waals surface area contributed by atoms with Crippen LogP contribution in [0.1, 0.15) is 25.3 Å². The second-order valence-corrected chi connectivity index (χ2v) is 4.28. The van der Waals surface area contributed by atoms with E-state index in [-0.39, 0.29) is 11.8 Å². The van der Waals surface area contributed by atoms with Gasteiger partial charge in [-0.2, -0.15) is 0 Å². The molecule has 6 heteroatoms. The SMILES string of the molecule is CC12CCC(=O)Nc3ncnc(c31)NC2=O. The minimum absolute atomic E-state index is 0.107. The number of amides is 2. The zero-order valence-corrected chi connectivity index (χ0v) is 8.70. The zero-order chi connectivity index (χ0) is 11.3. The Morgan fingerprint density at radius 1 is 1.25 bits per heavy atom. The van der Waals surface area contributed by atoms with Crippen LogP contribution >= 0.6 is 0 Å². The Kier molecular flexibility index (Phi) is 1.61. The Hall–Kier alpha value is -1.98. The van der Waals surface area contributed by atoms with Gasteiger partial charge in [0, 0.05) is 6.42 Å². The number of nitrogens with one attached hydrogen (secondary N) is 2. The van der Waals surface area contributed by atoms with Gasteiger partial charge in [0.15, 0.2) is 0 Å². The summed E-state index contributed by atoms with van der Waals surface area (Å²) in [6, 6.07) is 0. The Morgan fingerprint density at radius 2 is 1.94 bits per heavy atom. The summed E-state index contributed by atoms with van der Waals surface area (Å²) in [7, 11) is 0. The van der Waals surface area contributed by atoms with Crippen molar-refractivity contribution in [2.45, 2.75) is 25.2 Å². The highest BCUT2D eigenvalue weighted by atomic mass is 16.2. The lowest BCUT2D eigenvalue weighted by atomic mass is 9.81. The van der Waals surface area contributed by atoms with Gasteiger partial charge < -0.3 is 10.6 Å². The van der Waals surface area contributed by atoms with E-state index in [0.29, 0.717) is 30.0 Å². The molecule has 0 fully saturated rings. The molecular formula is C10H10N4O2. The van der Waals surface area contributed by atoms with Crippen LogP contribution in [0.15, 0.2) is 6.33 Å². The Balaban J connectivity index is 2.28. The van der Waals surface area contributed by atoms with Crippen LogP contribution in [0.2, 0.25) is 0 Å². The Bertz CT molecular complexity index is 514. The second kappa shape index (κ2) is 2.78. The number of aromatic nitrogens is 2. The van der Waals surface area contributed by atoms with Gasteiger partial charge in [-0.1, -0.05) is 0 Å². The third-order valence-corrected chi connectivity index (χ3v) is 3.24. The van der Waals surface area contributed by atoms with Crippen molar-refractivity contribution in [2.24, 2.45) is 0 Å². The van der Waals surface area contributed by atoms with Crippen LogP contribution in [0.25, 0.3) is 0 Å². The molecule has 0 aliphatic carbocycles. The van der Waals surface area contributed by atoms with E-state index in [2.05, 4.69) is 20.6 Å². The first-order chi connectivity index (χ1) is 7.61. The molecule has 16 heavy (non-hydrogen) atoms. The van der Waals surface area contributed by atoms with Gasteiger partial charge in [0.25, 0.3) is 0 Å². The smallest absolute Gasteiger partial charge is 0.236 e. The van der Waals surface area contributed by atoms with Crippen LogP contribution in [0.5, 0.6) is 0 Å². The number of nitrogens with zero attached hydrogens (tertiary/aromatic N) is 2. The molecule has 1 aromatic rings. The first-order valence-electron chi connectivity index (χ1n) is 5.08. The molecule has 1 atom stereocenters. The first kappa shape index (κ1) is 9.26. The van der Waals surface area contributed by atoms with Crippen LogP contribution in [0.4, 0.5) is 11.6 Å². The number of hydrogen-bond acceptors (Lipinski definition) is 4. The van der Waals surface area contributed by atoms with Gasteiger partial charge in [0.05, 0.1) is 11.0 Å². The van der Waals surface area contributed by atoms with Crippen molar-refractivity contribution in [3.63, 3.8) is 0 Å². The minimum Gasteiger partial charge on any atom is -0.310 e. The monoisotopic (exact) mass is 218 g/mol. The lowest BCUT2D eigenvalue weighted by Crippen LogP contribution is -2.30. The molecule has 0 bridgehead atoms. The fraction of sp³-hybridized carbons (Fsp3) is 0.400. The fourth-order valence-corrected chi connectivity index (χ4v) is 2.25. The van der Waals surface area contributed by atoms with E-state index in [0.717, 1.165) is 0 Å². The van der Waals surface area contributed by atoms with Gasteiger partial charge in [-0.3, -0.25) is 9.59 Å². The van der Waals surface area contributed by atoms with Gasteiger partial charge in [-0.25, -0.2) is 9.97 Å². The largest absolute Gasteiger partial charge is 0.310 e. The van der Waals surface area contributed by atoms with Crippen molar-refractivity contribution in [1.82, 2.24) is 9.97 Å². The fourth-order valence-electron chi connectivity index (χ4n) is 2.25. The predicted molar refractivity (Wildman–Crippen MR) is 55.9 cm³/mol. The lowest BCUT2D eigenvalue weighted by Gasteiger charge is -2.19. The molecule has 0 saturated carbocycles. The standard InChI is InChI=1S/C10H10N4O2/c1-10-3-2-5(15)13-7-6(10)8(12-4-11-7)14-9(10)16/h4H,2-3H2,1H3,(H2,11,12,13,14,15,16). The van der Waals surface area contributed by atoms with Crippen LogP contribution in [-0.4, -0.2) is 21.8 Å². The van der Waals surface area contributed by atoms with Gasteiger partial charge >= 0.3 is 0 Å². The van der Waals surface area contributed by atoms with Gasteiger partial charge in [0.2, 0.25) is 11.8 Å². The van der Waals surface area contributed by atoms with E-state index in [9.17, 15) is 9.59 Å². The maximum atomic E-state index is 11.9. The van der Waals surface area contributed by atoms with Crippen LogP contribution in [-0.2, 0) is 15.0 Å². The number of carbonyl (C=O) groups excluding carboxylic acids is 2. The number of rotatable bonds is 0. The molecule has 0 saturated heterocycles. The van der Waals surface area contributed by atoms with Crippen LogP contribution in [0.3, 0.4) is 0 Å². The summed E-state index contributed by atoms with van der Waals surface area (Å²) in [5.74, 6) is 0.748. The van der Waals surface area contributed by atoms with Gasteiger partial charge in [0.1, 0.15) is 18.0 Å². The Morgan fingerprint density at radius 3 is 2.69 bits per heavy atom. The third-order valence-electron chi connectivity index (χ3n) is 3.24. The van der Waals surface area contributed by atoms with Crippen molar-refractivity contribution in [3.05, 3.63) is 11.9 Å².